The summed E-state index contributed by atoms with van der Waals surface area (Å²) < 4.78 is 16.5. The Labute approximate surface area is 155 Å². The molecule has 0 aliphatic carbocycles. The number of hydrogen-bond acceptors (Lipinski definition) is 8. The molecule has 1 aliphatic heterocycles. The molecule has 0 N–H and O–H groups in total. The summed E-state index contributed by atoms with van der Waals surface area (Å²) in [5.74, 6) is 0. The Morgan fingerprint density at radius 1 is 0.476 bits per heavy atom. The lowest BCUT2D eigenvalue weighted by Crippen LogP contribution is -2.38. The van der Waals surface area contributed by atoms with Gasteiger partial charge in [0.2, 0.25) is 0 Å². The van der Waals surface area contributed by atoms with Gasteiger partial charge < -0.3 is 14.2 Å². The average molecular weight is 391 g/mol. The predicted molar refractivity (Wildman–Crippen MR) is 106 cm³/mol. The number of rotatable bonds is 0. The third kappa shape index (κ3) is 8.33. The van der Waals surface area contributed by atoms with E-state index < -0.39 is 0 Å². The predicted octanol–water partition coefficient (Wildman–Crippen LogP) is 2.32. The summed E-state index contributed by atoms with van der Waals surface area (Å²) in [6.07, 6.45) is 1.66. The van der Waals surface area contributed by atoms with Crippen LogP contribution in [0.15, 0.2) is 0 Å². The van der Waals surface area contributed by atoms with Gasteiger partial charge in [0.05, 0.1) is 26.4 Å². The van der Waals surface area contributed by atoms with Crippen LogP contribution in [0.2, 0.25) is 0 Å². The number of ether oxygens (including phenoxy) is 3. The van der Waals surface area contributed by atoms with Crippen LogP contribution in [0.4, 0.5) is 0 Å². The normalized spacial score (nSPS) is 39.0. The van der Waals surface area contributed by atoms with E-state index in [0.717, 1.165) is 12.8 Å². The lowest BCUT2D eigenvalue weighted by Gasteiger charge is -2.31. The van der Waals surface area contributed by atoms with Crippen molar-refractivity contribution in [3.05, 3.63) is 0 Å². The van der Waals surface area contributed by atoms with Gasteiger partial charge in [-0.3, -0.25) is 0 Å². The minimum absolute atomic E-state index is 0.0119. The molecule has 21 heavy (non-hydrogen) atoms. The Balaban J connectivity index is 2.52. The van der Waals surface area contributed by atoms with E-state index in [4.69, 9.17) is 14.2 Å². The third-order valence-electron chi connectivity index (χ3n) is 3.35. The van der Waals surface area contributed by atoms with Crippen LogP contribution < -0.4 is 0 Å². The van der Waals surface area contributed by atoms with Crippen LogP contribution in [-0.2, 0) is 14.2 Å². The van der Waals surface area contributed by atoms with Crippen LogP contribution in [0, 0.1) is 0 Å². The van der Waals surface area contributed by atoms with Gasteiger partial charge in [-0.1, -0.05) is 0 Å². The van der Waals surface area contributed by atoms with Crippen molar-refractivity contribution in [2.75, 3.05) is 39.6 Å². The lowest BCUT2D eigenvalue weighted by molar-refractivity contribution is 0.0134. The molecule has 0 spiro atoms. The molecule has 1 heterocycles. The molecule has 0 aromatic carbocycles. The van der Waals surface area contributed by atoms with Crippen LogP contribution >= 0.6 is 63.1 Å². The quantitative estimate of drug-likeness (QED) is 0.411. The molecule has 4 unspecified atom stereocenters. The molecular weight excluding hydrogens is 364 g/mol. The molecule has 3 nitrogen and oxygen atoms in total. The molecule has 1 saturated heterocycles. The Bertz CT molecular complexity index is 248. The minimum atomic E-state index is 0.0119. The first-order valence-corrected chi connectivity index (χ1v) is 9.75. The van der Waals surface area contributed by atoms with Gasteiger partial charge in [0.15, 0.2) is 0 Å². The molecule has 0 aromatic heterocycles. The highest BCUT2D eigenvalue weighted by Crippen LogP contribution is 2.29. The molecule has 0 amide bonds. The van der Waals surface area contributed by atoms with Crippen molar-refractivity contribution in [2.45, 2.75) is 39.1 Å². The molecule has 4 atom stereocenters. The van der Waals surface area contributed by atoms with E-state index in [-0.39, 0.29) is 26.2 Å². The maximum atomic E-state index is 5.53. The summed E-state index contributed by atoms with van der Waals surface area (Å²) in [6, 6.07) is 0. The summed E-state index contributed by atoms with van der Waals surface area (Å²) in [5, 5.41) is 0.287. The molecule has 1 rings (SSSR count). The van der Waals surface area contributed by atoms with Gasteiger partial charge in [-0.15, -0.1) is 0 Å². The molecule has 126 valence electrons. The van der Waals surface area contributed by atoms with Crippen LogP contribution in [-0.4, -0.2) is 65.9 Å². The highest BCUT2D eigenvalue weighted by atomic mass is 32.1. The third-order valence-corrected chi connectivity index (χ3v) is 7.45. The summed E-state index contributed by atoms with van der Waals surface area (Å²) in [7, 11) is 0. The molecule has 1 aliphatic rings. The van der Waals surface area contributed by atoms with Crippen molar-refractivity contribution >= 4 is 63.1 Å². The van der Waals surface area contributed by atoms with Crippen molar-refractivity contribution in [1.82, 2.24) is 0 Å². The van der Waals surface area contributed by atoms with Crippen molar-refractivity contribution < 1.29 is 14.2 Å². The van der Waals surface area contributed by atoms with Crippen LogP contribution in [0.25, 0.3) is 0 Å². The Morgan fingerprint density at radius 3 is 1.19 bits per heavy atom. The standard InChI is InChI=1S/C13H26O3S5/c17-9-1-3-14-5-7-16-8-6-15-4-2-10(18)12(20)13(21)11(9)19/h9-13,17-21H,1-8H2. The zero-order valence-corrected chi connectivity index (χ0v) is 16.5. The monoisotopic (exact) mass is 390 g/mol. The minimum Gasteiger partial charge on any atom is -0.379 e. The fourth-order valence-electron chi connectivity index (χ4n) is 1.95. The molecule has 0 aromatic rings. The van der Waals surface area contributed by atoms with E-state index in [1.807, 2.05) is 0 Å². The fraction of sp³-hybridized carbons (Fsp3) is 1.00. The zero-order chi connectivity index (χ0) is 15.7. The zero-order valence-electron chi connectivity index (χ0n) is 12.0. The van der Waals surface area contributed by atoms with Gasteiger partial charge in [0, 0.05) is 39.5 Å². The highest BCUT2D eigenvalue weighted by molar-refractivity contribution is 7.89. The topological polar surface area (TPSA) is 27.7 Å². The Kier molecular flexibility index (Phi) is 11.9. The van der Waals surface area contributed by atoms with Gasteiger partial charge in [-0.25, -0.2) is 0 Å². The molecule has 0 bridgehead atoms. The SMILES string of the molecule is SC1CCOCCOCCOCCC(S)C(S)C(S)C1S. The fourth-order valence-corrected chi connectivity index (χ4v) is 4.02. The van der Waals surface area contributed by atoms with E-state index in [1.165, 1.54) is 0 Å². The second-order valence-electron chi connectivity index (χ2n) is 5.02. The lowest BCUT2D eigenvalue weighted by atomic mass is 10.1. The molecule has 0 radical (unpaired) electrons. The first-order valence-electron chi connectivity index (χ1n) is 7.17. The second kappa shape index (κ2) is 12.1. The maximum Gasteiger partial charge on any atom is 0.0701 e. The summed E-state index contributed by atoms with van der Waals surface area (Å²) >= 11 is 23.2. The average Bonchev–Trinajstić information content (AvgIpc) is 2.48. The molecule has 1 fully saturated rings. The van der Waals surface area contributed by atoms with Gasteiger partial charge >= 0.3 is 0 Å². The Morgan fingerprint density at radius 2 is 0.810 bits per heavy atom. The smallest absolute Gasteiger partial charge is 0.0701 e. The van der Waals surface area contributed by atoms with Crippen molar-refractivity contribution in [2.24, 2.45) is 0 Å². The Hall–Kier alpha value is 1.63. The van der Waals surface area contributed by atoms with E-state index in [1.54, 1.807) is 0 Å². The van der Waals surface area contributed by atoms with Gasteiger partial charge in [-0.05, 0) is 12.8 Å². The van der Waals surface area contributed by atoms with E-state index in [0.29, 0.717) is 39.6 Å². The maximum absolute atomic E-state index is 5.53. The highest BCUT2D eigenvalue weighted by Gasteiger charge is 2.30. The molecule has 0 saturated carbocycles. The number of hydrogen-bond donors (Lipinski definition) is 5. The first-order chi connectivity index (χ1) is 10.0. The van der Waals surface area contributed by atoms with Crippen LogP contribution in [0.1, 0.15) is 12.8 Å². The second-order valence-corrected chi connectivity index (χ2v) is 8.14. The van der Waals surface area contributed by atoms with Crippen molar-refractivity contribution in [3.8, 4) is 0 Å². The van der Waals surface area contributed by atoms with E-state index in [2.05, 4.69) is 63.1 Å². The van der Waals surface area contributed by atoms with E-state index >= 15 is 0 Å². The summed E-state index contributed by atoms with van der Waals surface area (Å²) in [5.41, 5.74) is 0. The summed E-state index contributed by atoms with van der Waals surface area (Å²) in [6.45, 7) is 3.66. The van der Waals surface area contributed by atoms with Crippen LogP contribution in [0.3, 0.4) is 0 Å². The van der Waals surface area contributed by atoms with Crippen molar-refractivity contribution in [1.29, 1.82) is 0 Å². The van der Waals surface area contributed by atoms with E-state index in [9.17, 15) is 0 Å². The van der Waals surface area contributed by atoms with Crippen molar-refractivity contribution in [3.63, 3.8) is 0 Å². The van der Waals surface area contributed by atoms with Gasteiger partial charge in [0.1, 0.15) is 0 Å². The molecular formula is C13H26O3S5. The first kappa shape index (κ1) is 20.7. The van der Waals surface area contributed by atoms with Crippen LogP contribution in [0.5, 0.6) is 0 Å². The number of thiol groups is 5. The largest absolute Gasteiger partial charge is 0.379 e. The van der Waals surface area contributed by atoms with Gasteiger partial charge in [-0.2, -0.15) is 63.1 Å². The summed E-state index contributed by atoms with van der Waals surface area (Å²) in [4.78, 5) is 0. The molecule has 8 heteroatoms. The van der Waals surface area contributed by atoms with Gasteiger partial charge in [0.25, 0.3) is 0 Å².